The van der Waals surface area contributed by atoms with Gasteiger partial charge in [-0.2, -0.15) is 0 Å². The van der Waals surface area contributed by atoms with Crippen LogP contribution in [-0.2, 0) is 0 Å². The second-order valence-corrected chi connectivity index (χ2v) is 2.91. The maximum absolute atomic E-state index is 12.9. The van der Waals surface area contributed by atoms with E-state index in [0.29, 0.717) is 5.56 Å². The molecule has 1 rings (SSSR count). The number of halogens is 1. The van der Waals surface area contributed by atoms with Crippen LogP contribution in [0, 0.1) is 12.7 Å². The smallest absolute Gasteiger partial charge is 0.330 e. The van der Waals surface area contributed by atoms with Crippen LogP contribution in [0.15, 0.2) is 18.2 Å². The highest BCUT2D eigenvalue weighted by Crippen LogP contribution is 2.08. The van der Waals surface area contributed by atoms with E-state index < -0.39 is 17.8 Å². The molecule has 0 unspecified atom stereocenters. The Morgan fingerprint density at radius 1 is 1.33 bits per heavy atom. The van der Waals surface area contributed by atoms with Gasteiger partial charge in [-0.3, -0.25) is 10.2 Å². The van der Waals surface area contributed by atoms with Gasteiger partial charge < -0.3 is 5.73 Å². The molecule has 0 aliphatic heterocycles. The van der Waals surface area contributed by atoms with Crippen LogP contribution in [0.25, 0.3) is 0 Å². The molecule has 0 saturated heterocycles. The Morgan fingerprint density at radius 3 is 2.53 bits per heavy atom. The first-order chi connectivity index (χ1) is 7.00. The fraction of sp³-hybridized carbons (Fsp3) is 0.111. The third-order valence-electron chi connectivity index (χ3n) is 1.72. The highest BCUT2D eigenvalue weighted by atomic mass is 19.1. The van der Waals surface area contributed by atoms with Gasteiger partial charge in [-0.15, -0.1) is 0 Å². The van der Waals surface area contributed by atoms with Gasteiger partial charge in [0, 0.05) is 5.56 Å². The van der Waals surface area contributed by atoms with Crippen LogP contribution in [-0.4, -0.2) is 11.9 Å². The lowest BCUT2D eigenvalue weighted by Crippen LogP contribution is -2.44. The van der Waals surface area contributed by atoms with Gasteiger partial charge in [0.1, 0.15) is 5.82 Å². The first kappa shape index (κ1) is 11.0. The molecule has 6 heteroatoms. The van der Waals surface area contributed by atoms with Crippen molar-refractivity contribution in [3.05, 3.63) is 35.1 Å². The highest BCUT2D eigenvalue weighted by molar-refractivity contribution is 5.95. The molecule has 1 aromatic rings. The third-order valence-corrected chi connectivity index (χ3v) is 1.72. The Hall–Kier alpha value is -2.11. The van der Waals surface area contributed by atoms with Gasteiger partial charge in [0.05, 0.1) is 0 Å². The topological polar surface area (TPSA) is 84.2 Å². The van der Waals surface area contributed by atoms with E-state index in [0.717, 1.165) is 0 Å². The number of amides is 3. The van der Waals surface area contributed by atoms with Crippen LogP contribution < -0.4 is 16.6 Å². The first-order valence-corrected chi connectivity index (χ1v) is 4.12. The summed E-state index contributed by atoms with van der Waals surface area (Å²) in [7, 11) is 0. The molecule has 0 bridgehead atoms. The molecular formula is C9H10FN3O2. The predicted octanol–water partition coefficient (Wildman–Crippen LogP) is 0.447. The van der Waals surface area contributed by atoms with E-state index in [2.05, 4.69) is 5.43 Å². The molecule has 0 aliphatic carbocycles. The number of carbonyl (C=O) groups excluding carboxylic acids is 2. The number of nitrogens with two attached hydrogens (primary N) is 1. The van der Waals surface area contributed by atoms with Gasteiger partial charge in [0.2, 0.25) is 0 Å². The monoisotopic (exact) mass is 211 g/mol. The molecule has 0 atom stereocenters. The zero-order chi connectivity index (χ0) is 11.4. The lowest BCUT2D eigenvalue weighted by Gasteiger charge is -2.05. The molecule has 3 amide bonds. The van der Waals surface area contributed by atoms with Crippen molar-refractivity contribution >= 4 is 11.9 Å². The number of rotatable bonds is 1. The second kappa shape index (κ2) is 4.41. The van der Waals surface area contributed by atoms with E-state index in [-0.39, 0.29) is 5.56 Å². The number of nitrogens with one attached hydrogen (secondary N) is 2. The van der Waals surface area contributed by atoms with Gasteiger partial charge in [-0.05, 0) is 30.7 Å². The summed E-state index contributed by atoms with van der Waals surface area (Å²) >= 11 is 0. The second-order valence-electron chi connectivity index (χ2n) is 2.91. The Labute approximate surface area is 85.4 Å². The zero-order valence-electron chi connectivity index (χ0n) is 8.00. The Bertz CT molecular complexity index is 406. The summed E-state index contributed by atoms with van der Waals surface area (Å²) in [4.78, 5) is 21.6. The SMILES string of the molecule is Cc1cc(C(=O)NNC(N)=O)ccc1F. The Morgan fingerprint density at radius 2 is 2.00 bits per heavy atom. The molecule has 0 aromatic heterocycles. The summed E-state index contributed by atoms with van der Waals surface area (Å²) in [5, 5.41) is 0. The van der Waals surface area contributed by atoms with Gasteiger partial charge in [0.15, 0.2) is 0 Å². The molecule has 80 valence electrons. The van der Waals surface area contributed by atoms with Crippen LogP contribution >= 0.6 is 0 Å². The van der Waals surface area contributed by atoms with Gasteiger partial charge in [-0.25, -0.2) is 14.6 Å². The summed E-state index contributed by atoms with van der Waals surface area (Å²) in [5.41, 5.74) is 9.32. The van der Waals surface area contributed by atoms with Crippen molar-refractivity contribution in [1.29, 1.82) is 0 Å². The summed E-state index contributed by atoms with van der Waals surface area (Å²) in [5.74, 6) is -0.952. The maximum Gasteiger partial charge on any atom is 0.330 e. The van der Waals surface area contributed by atoms with E-state index in [1.54, 1.807) is 0 Å². The van der Waals surface area contributed by atoms with Crippen LogP contribution in [0.1, 0.15) is 15.9 Å². The number of urea groups is 1. The van der Waals surface area contributed by atoms with Crippen molar-refractivity contribution in [2.75, 3.05) is 0 Å². The molecule has 0 heterocycles. The molecular weight excluding hydrogens is 201 g/mol. The normalized spacial score (nSPS) is 9.47. The van der Waals surface area contributed by atoms with Gasteiger partial charge in [0.25, 0.3) is 5.91 Å². The number of hydrogen-bond acceptors (Lipinski definition) is 2. The average Bonchev–Trinajstić information content (AvgIpc) is 2.18. The molecule has 0 aliphatic rings. The van der Waals surface area contributed by atoms with Crippen molar-refractivity contribution in [3.63, 3.8) is 0 Å². The Balaban J connectivity index is 2.74. The minimum atomic E-state index is -0.873. The van der Waals surface area contributed by atoms with E-state index in [1.165, 1.54) is 25.1 Å². The third kappa shape index (κ3) is 2.94. The number of primary amides is 1. The summed E-state index contributed by atoms with van der Waals surface area (Å²) in [6.07, 6.45) is 0. The minimum absolute atomic E-state index is 0.239. The van der Waals surface area contributed by atoms with Crippen molar-refractivity contribution in [3.8, 4) is 0 Å². The molecule has 0 spiro atoms. The number of hydrogen-bond donors (Lipinski definition) is 3. The quantitative estimate of drug-likeness (QED) is 0.589. The molecule has 0 radical (unpaired) electrons. The van der Waals surface area contributed by atoms with E-state index in [9.17, 15) is 14.0 Å². The van der Waals surface area contributed by atoms with Gasteiger partial charge >= 0.3 is 6.03 Å². The summed E-state index contributed by atoms with van der Waals surface area (Å²) in [6, 6.07) is 2.98. The molecule has 5 nitrogen and oxygen atoms in total. The van der Waals surface area contributed by atoms with E-state index in [4.69, 9.17) is 5.73 Å². The Kier molecular flexibility index (Phi) is 3.22. The largest absolute Gasteiger partial charge is 0.350 e. The molecule has 0 fully saturated rings. The number of carbonyl (C=O) groups is 2. The van der Waals surface area contributed by atoms with E-state index in [1.807, 2.05) is 5.43 Å². The molecule has 4 N–H and O–H groups in total. The fourth-order valence-electron chi connectivity index (χ4n) is 0.976. The number of aryl methyl sites for hydroxylation is 1. The van der Waals surface area contributed by atoms with Crippen LogP contribution in [0.2, 0.25) is 0 Å². The van der Waals surface area contributed by atoms with Gasteiger partial charge in [-0.1, -0.05) is 0 Å². The maximum atomic E-state index is 12.9. The van der Waals surface area contributed by atoms with Crippen LogP contribution in [0.4, 0.5) is 9.18 Å². The van der Waals surface area contributed by atoms with E-state index >= 15 is 0 Å². The predicted molar refractivity (Wildman–Crippen MR) is 51.3 cm³/mol. The lowest BCUT2D eigenvalue weighted by molar-refractivity contribution is 0.0937. The van der Waals surface area contributed by atoms with Crippen molar-refractivity contribution in [2.45, 2.75) is 6.92 Å². The molecule has 0 saturated carbocycles. The number of benzene rings is 1. The average molecular weight is 211 g/mol. The first-order valence-electron chi connectivity index (χ1n) is 4.12. The van der Waals surface area contributed by atoms with Crippen molar-refractivity contribution < 1.29 is 14.0 Å². The standard InChI is InChI=1S/C9H10FN3O2/c1-5-4-6(2-3-7(5)10)8(14)12-13-9(11)15/h2-4H,1H3,(H,12,14)(H3,11,13,15). The fourth-order valence-corrected chi connectivity index (χ4v) is 0.976. The van der Waals surface area contributed by atoms with Crippen LogP contribution in [0.5, 0.6) is 0 Å². The van der Waals surface area contributed by atoms with Crippen molar-refractivity contribution in [1.82, 2.24) is 10.9 Å². The van der Waals surface area contributed by atoms with Crippen LogP contribution in [0.3, 0.4) is 0 Å². The number of hydrazine groups is 1. The highest BCUT2D eigenvalue weighted by Gasteiger charge is 2.07. The molecule has 15 heavy (non-hydrogen) atoms. The summed E-state index contributed by atoms with van der Waals surface area (Å²) < 4.78 is 12.9. The zero-order valence-corrected chi connectivity index (χ0v) is 8.00. The summed E-state index contributed by atoms with van der Waals surface area (Å²) in [6.45, 7) is 1.54. The molecule has 1 aromatic carbocycles. The van der Waals surface area contributed by atoms with Crippen molar-refractivity contribution in [2.24, 2.45) is 5.73 Å². The minimum Gasteiger partial charge on any atom is -0.350 e. The lowest BCUT2D eigenvalue weighted by atomic mass is 10.1.